The van der Waals surface area contributed by atoms with E-state index in [0.29, 0.717) is 50.9 Å². The number of hydrogen-bond donors (Lipinski definition) is 9. The summed E-state index contributed by atoms with van der Waals surface area (Å²) in [5.41, 5.74) is 22.0. The molecule has 0 bridgehead atoms. The lowest BCUT2D eigenvalue weighted by Crippen LogP contribution is -2.57. The van der Waals surface area contributed by atoms with Crippen LogP contribution in [-0.2, 0) is 19.2 Å². The summed E-state index contributed by atoms with van der Waals surface area (Å²) in [4.78, 5) is 53.4. The third-order valence-electron chi connectivity index (χ3n) is 4.93. The van der Waals surface area contributed by atoms with Crippen LogP contribution in [0.15, 0.2) is 4.99 Å². The molecule has 0 spiro atoms. The minimum absolute atomic E-state index is 0.0521. The molecule has 0 aliphatic rings. The number of hydrogen-bond acceptors (Lipinski definition) is 9. The molecule has 0 radical (unpaired) electrons. The third kappa shape index (κ3) is 14.7. The summed E-state index contributed by atoms with van der Waals surface area (Å²) in [7, 11) is 0. The Kier molecular flexibility index (Phi) is 17.8. The van der Waals surface area contributed by atoms with Crippen LogP contribution in [0.2, 0.25) is 0 Å². The van der Waals surface area contributed by atoms with E-state index in [9.17, 15) is 24.3 Å². The summed E-state index contributed by atoms with van der Waals surface area (Å²) in [5, 5.41) is 16.9. The Hall–Kier alpha value is -2.23. The number of carbonyl (C=O) groups is 4. The number of nitrogens with two attached hydrogens (primary N) is 4. The first-order valence-corrected chi connectivity index (χ1v) is 13.3. The number of carbonyl (C=O) groups excluding carboxylic acids is 3. The summed E-state index contributed by atoms with van der Waals surface area (Å²) in [5.74, 6) is -2.58. The van der Waals surface area contributed by atoms with E-state index >= 15 is 0 Å². The summed E-state index contributed by atoms with van der Waals surface area (Å²) in [6.45, 7) is 0.741. The molecular formula is C20H40N8O5S2. The maximum atomic E-state index is 13.0. The number of amides is 3. The van der Waals surface area contributed by atoms with Crippen molar-refractivity contribution < 1.29 is 24.3 Å². The zero-order chi connectivity index (χ0) is 26.8. The molecular weight excluding hydrogens is 496 g/mol. The van der Waals surface area contributed by atoms with Crippen LogP contribution in [0.4, 0.5) is 0 Å². The van der Waals surface area contributed by atoms with E-state index in [2.05, 4.69) is 33.6 Å². The van der Waals surface area contributed by atoms with Gasteiger partial charge in [0, 0.05) is 12.3 Å². The van der Waals surface area contributed by atoms with Gasteiger partial charge in [-0.1, -0.05) is 0 Å². The van der Waals surface area contributed by atoms with Crippen molar-refractivity contribution in [2.24, 2.45) is 27.9 Å². The van der Waals surface area contributed by atoms with E-state index in [1.807, 2.05) is 6.26 Å². The van der Waals surface area contributed by atoms with Gasteiger partial charge in [-0.3, -0.25) is 19.4 Å². The fourth-order valence-corrected chi connectivity index (χ4v) is 3.64. The Morgan fingerprint density at radius 3 is 2.00 bits per heavy atom. The van der Waals surface area contributed by atoms with Crippen LogP contribution < -0.4 is 38.9 Å². The molecule has 0 heterocycles. The Morgan fingerprint density at radius 1 is 0.914 bits per heavy atom. The molecule has 35 heavy (non-hydrogen) atoms. The normalized spacial score (nSPS) is 14.2. The molecule has 4 unspecified atom stereocenters. The van der Waals surface area contributed by atoms with Crippen molar-refractivity contribution in [3.8, 4) is 0 Å². The zero-order valence-electron chi connectivity index (χ0n) is 20.1. The van der Waals surface area contributed by atoms with Crippen molar-refractivity contribution >= 4 is 54.0 Å². The Balaban J connectivity index is 5.29. The average Bonchev–Trinajstić information content (AvgIpc) is 2.81. The largest absolute Gasteiger partial charge is 0.480 e. The number of nitrogens with one attached hydrogen (secondary N) is 3. The summed E-state index contributed by atoms with van der Waals surface area (Å²) in [6, 6.07) is -4.01. The van der Waals surface area contributed by atoms with Gasteiger partial charge in [-0.15, -0.1) is 0 Å². The van der Waals surface area contributed by atoms with Gasteiger partial charge in [0.05, 0.1) is 6.04 Å². The predicted octanol–water partition coefficient (Wildman–Crippen LogP) is -2.28. The number of guanidine groups is 1. The number of carboxylic acids is 1. The van der Waals surface area contributed by atoms with E-state index in [1.54, 1.807) is 0 Å². The molecule has 13 nitrogen and oxygen atoms in total. The van der Waals surface area contributed by atoms with E-state index in [-0.39, 0.29) is 18.1 Å². The maximum absolute atomic E-state index is 13.0. The molecule has 4 atom stereocenters. The highest BCUT2D eigenvalue weighted by atomic mass is 32.2. The summed E-state index contributed by atoms with van der Waals surface area (Å²) in [6.07, 6.45) is 4.39. The second-order valence-corrected chi connectivity index (χ2v) is 9.18. The van der Waals surface area contributed by atoms with Gasteiger partial charge >= 0.3 is 5.97 Å². The standard InChI is InChI=1S/C20H40N8O5S2/c1-35-10-7-14(18(31)28-15(11-34)19(32)33)27-17(30)13(6-2-3-8-21)26-16(29)12(22)5-4-9-25-20(23)24/h12-15,34H,2-11,21-22H2,1H3,(H,26,29)(H,27,30)(H,28,31)(H,32,33)(H4,23,24,25). The number of unbranched alkanes of at least 4 members (excludes halogenated alkanes) is 1. The molecule has 15 heteroatoms. The topological polar surface area (TPSA) is 241 Å². The number of nitrogens with zero attached hydrogens (tertiary/aromatic N) is 1. The number of aliphatic imine (C=N–C) groups is 1. The monoisotopic (exact) mass is 536 g/mol. The highest BCUT2D eigenvalue weighted by Gasteiger charge is 2.29. The number of rotatable bonds is 19. The highest BCUT2D eigenvalue weighted by Crippen LogP contribution is 2.07. The molecule has 0 saturated carbocycles. The van der Waals surface area contributed by atoms with Crippen LogP contribution in [0.1, 0.15) is 38.5 Å². The molecule has 0 aliphatic heterocycles. The van der Waals surface area contributed by atoms with E-state index in [4.69, 9.17) is 22.9 Å². The van der Waals surface area contributed by atoms with Crippen LogP contribution >= 0.6 is 24.4 Å². The van der Waals surface area contributed by atoms with Crippen LogP contribution in [-0.4, -0.2) is 89.8 Å². The molecule has 0 aromatic heterocycles. The van der Waals surface area contributed by atoms with Crippen molar-refractivity contribution in [3.63, 3.8) is 0 Å². The zero-order valence-corrected chi connectivity index (χ0v) is 21.8. The predicted molar refractivity (Wildman–Crippen MR) is 141 cm³/mol. The van der Waals surface area contributed by atoms with Gasteiger partial charge in [0.15, 0.2) is 5.96 Å². The van der Waals surface area contributed by atoms with Crippen molar-refractivity contribution in [1.82, 2.24) is 16.0 Å². The van der Waals surface area contributed by atoms with E-state index < -0.39 is 47.9 Å². The van der Waals surface area contributed by atoms with Crippen molar-refractivity contribution in [3.05, 3.63) is 0 Å². The van der Waals surface area contributed by atoms with Crippen molar-refractivity contribution in [2.45, 2.75) is 62.7 Å². The third-order valence-corrected chi connectivity index (χ3v) is 5.93. The van der Waals surface area contributed by atoms with Gasteiger partial charge in [-0.05, 0) is 57.1 Å². The van der Waals surface area contributed by atoms with Crippen LogP contribution in [0.3, 0.4) is 0 Å². The fraction of sp³-hybridized carbons (Fsp3) is 0.750. The number of thioether (sulfide) groups is 1. The number of carboxylic acid groups (broad SMARTS) is 1. The first kappa shape index (κ1) is 32.8. The molecule has 0 rings (SSSR count). The van der Waals surface area contributed by atoms with Crippen molar-refractivity contribution in [1.29, 1.82) is 0 Å². The van der Waals surface area contributed by atoms with Gasteiger partial charge < -0.3 is 44.0 Å². The van der Waals surface area contributed by atoms with Gasteiger partial charge in [0.1, 0.15) is 18.1 Å². The minimum atomic E-state index is -1.23. The summed E-state index contributed by atoms with van der Waals surface area (Å²) < 4.78 is 0. The lowest BCUT2D eigenvalue weighted by Gasteiger charge is -2.25. The van der Waals surface area contributed by atoms with Gasteiger partial charge in [-0.25, -0.2) is 4.79 Å². The fourth-order valence-electron chi connectivity index (χ4n) is 2.93. The lowest BCUT2D eigenvalue weighted by atomic mass is 10.1. The van der Waals surface area contributed by atoms with Gasteiger partial charge in [-0.2, -0.15) is 24.4 Å². The Morgan fingerprint density at radius 2 is 1.49 bits per heavy atom. The SMILES string of the molecule is CSCCC(NC(=O)C(CCCCN)NC(=O)C(N)CCCN=C(N)N)C(=O)NC(CS)C(=O)O. The van der Waals surface area contributed by atoms with Crippen LogP contribution in [0.5, 0.6) is 0 Å². The second kappa shape index (κ2) is 19.0. The molecule has 0 aromatic rings. The molecule has 0 aromatic carbocycles. The molecule has 0 saturated heterocycles. The number of thiol groups is 1. The Labute approximate surface area is 215 Å². The van der Waals surface area contributed by atoms with Gasteiger partial charge in [0.2, 0.25) is 17.7 Å². The maximum Gasteiger partial charge on any atom is 0.327 e. The lowest BCUT2D eigenvalue weighted by molar-refractivity contribution is -0.141. The first-order valence-electron chi connectivity index (χ1n) is 11.3. The minimum Gasteiger partial charge on any atom is -0.480 e. The van der Waals surface area contributed by atoms with Crippen molar-refractivity contribution in [2.75, 3.05) is 30.9 Å². The second-order valence-electron chi connectivity index (χ2n) is 7.83. The molecule has 0 fully saturated rings. The molecule has 0 aliphatic carbocycles. The van der Waals surface area contributed by atoms with E-state index in [1.165, 1.54) is 11.8 Å². The highest BCUT2D eigenvalue weighted by molar-refractivity contribution is 7.98. The average molecular weight is 537 g/mol. The van der Waals surface area contributed by atoms with Crippen LogP contribution in [0, 0.1) is 0 Å². The molecule has 3 amide bonds. The van der Waals surface area contributed by atoms with Gasteiger partial charge in [0.25, 0.3) is 0 Å². The first-order chi connectivity index (χ1) is 16.6. The molecule has 12 N–H and O–H groups in total. The van der Waals surface area contributed by atoms with Crippen LogP contribution in [0.25, 0.3) is 0 Å². The quantitative estimate of drug-likeness (QED) is 0.0370. The molecule has 202 valence electrons. The number of aliphatic carboxylic acids is 1. The Bertz CT molecular complexity index is 709. The summed E-state index contributed by atoms with van der Waals surface area (Å²) >= 11 is 5.41. The smallest absolute Gasteiger partial charge is 0.327 e. The van der Waals surface area contributed by atoms with E-state index in [0.717, 1.165) is 0 Å².